The van der Waals surface area contributed by atoms with Crippen molar-refractivity contribution in [1.29, 1.82) is 0 Å². The minimum atomic E-state index is -0.360. The van der Waals surface area contributed by atoms with E-state index in [1.54, 1.807) is 6.07 Å². The molecule has 1 aromatic heterocycles. The van der Waals surface area contributed by atoms with Crippen LogP contribution in [0.2, 0.25) is 0 Å². The Morgan fingerprint density at radius 2 is 2.10 bits per heavy atom. The number of rotatable bonds is 0. The molecule has 0 atom stereocenters. The van der Waals surface area contributed by atoms with Crippen LogP contribution in [0.25, 0.3) is 10.2 Å². The molecule has 50 valence electrons. The maximum Gasteiger partial charge on any atom is 0.270 e. The standard InChI is InChI=1S/C7H4FNS/c8-7-9-5-3-1-2-4-6(5)10-7/h1-4H. The molecule has 0 bridgehead atoms. The predicted octanol–water partition coefficient (Wildman–Crippen LogP) is 2.44. The molecule has 0 spiro atoms. The van der Waals surface area contributed by atoms with E-state index in [1.165, 1.54) is 0 Å². The summed E-state index contributed by atoms with van der Waals surface area (Å²) in [4.78, 5) is 3.66. The number of hydrogen-bond donors (Lipinski definition) is 0. The number of thiazole rings is 1. The average molecular weight is 153 g/mol. The molecular weight excluding hydrogens is 149 g/mol. The topological polar surface area (TPSA) is 12.9 Å². The third-order valence-corrected chi connectivity index (χ3v) is 2.09. The summed E-state index contributed by atoms with van der Waals surface area (Å²) in [6.45, 7) is 0. The summed E-state index contributed by atoms with van der Waals surface area (Å²) in [5.41, 5.74) is 0.741. The van der Waals surface area contributed by atoms with Crippen molar-refractivity contribution in [3.8, 4) is 0 Å². The fraction of sp³-hybridized carbons (Fsp3) is 0. The van der Waals surface area contributed by atoms with E-state index in [9.17, 15) is 4.39 Å². The highest BCUT2D eigenvalue weighted by Gasteiger charge is 1.98. The molecule has 0 aliphatic rings. The van der Waals surface area contributed by atoms with Crippen molar-refractivity contribution in [2.45, 2.75) is 0 Å². The Bertz CT molecular complexity index is 322. The zero-order valence-electron chi connectivity index (χ0n) is 5.04. The summed E-state index contributed by atoms with van der Waals surface area (Å²) < 4.78 is 13.3. The first-order chi connectivity index (χ1) is 4.86. The zero-order chi connectivity index (χ0) is 6.97. The lowest BCUT2D eigenvalue weighted by Gasteiger charge is -1.80. The van der Waals surface area contributed by atoms with Gasteiger partial charge in [-0.25, -0.2) is 4.98 Å². The van der Waals surface area contributed by atoms with E-state index in [-0.39, 0.29) is 5.26 Å². The van der Waals surface area contributed by atoms with E-state index in [1.807, 2.05) is 18.2 Å². The van der Waals surface area contributed by atoms with Gasteiger partial charge >= 0.3 is 0 Å². The van der Waals surface area contributed by atoms with Crippen molar-refractivity contribution in [2.24, 2.45) is 0 Å². The van der Waals surface area contributed by atoms with Crippen molar-refractivity contribution in [3.63, 3.8) is 0 Å². The Labute approximate surface area is 61.1 Å². The lowest BCUT2D eigenvalue weighted by Crippen LogP contribution is -1.65. The molecule has 0 N–H and O–H groups in total. The Balaban J connectivity index is 2.88. The van der Waals surface area contributed by atoms with Crippen molar-refractivity contribution < 1.29 is 4.39 Å². The largest absolute Gasteiger partial charge is 0.270 e. The van der Waals surface area contributed by atoms with Crippen LogP contribution in [0.5, 0.6) is 0 Å². The molecule has 3 heteroatoms. The highest BCUT2D eigenvalue weighted by Crippen LogP contribution is 2.19. The monoisotopic (exact) mass is 153 g/mol. The van der Waals surface area contributed by atoms with Gasteiger partial charge in [0, 0.05) is 0 Å². The van der Waals surface area contributed by atoms with Crippen LogP contribution in [0.1, 0.15) is 0 Å². The summed E-state index contributed by atoms with van der Waals surface area (Å²) in [7, 11) is 0. The van der Waals surface area contributed by atoms with Gasteiger partial charge in [0.1, 0.15) is 0 Å². The zero-order valence-corrected chi connectivity index (χ0v) is 5.86. The van der Waals surface area contributed by atoms with E-state index in [0.717, 1.165) is 21.6 Å². The molecule has 0 unspecified atom stereocenters. The Hall–Kier alpha value is -0.960. The van der Waals surface area contributed by atoms with Gasteiger partial charge in [-0.2, -0.15) is 4.39 Å². The molecule has 0 saturated heterocycles. The third kappa shape index (κ3) is 0.789. The fourth-order valence-electron chi connectivity index (χ4n) is 0.844. The molecule has 10 heavy (non-hydrogen) atoms. The fourth-order valence-corrected chi connectivity index (χ4v) is 1.53. The molecular formula is C7H4FNS. The summed E-state index contributed by atoms with van der Waals surface area (Å²) in [5.74, 6) is 0. The molecule has 1 aromatic carbocycles. The van der Waals surface area contributed by atoms with Gasteiger partial charge < -0.3 is 0 Å². The SMILES string of the molecule is Fc1nc2ccccc2s1. The van der Waals surface area contributed by atoms with E-state index < -0.39 is 0 Å². The molecule has 2 aromatic rings. The van der Waals surface area contributed by atoms with Gasteiger partial charge in [0.15, 0.2) is 0 Å². The first kappa shape index (κ1) is 5.80. The quantitative estimate of drug-likeness (QED) is 0.566. The van der Waals surface area contributed by atoms with E-state index in [2.05, 4.69) is 4.98 Å². The molecule has 0 radical (unpaired) electrons. The van der Waals surface area contributed by atoms with Gasteiger partial charge in [-0.15, -0.1) is 0 Å². The van der Waals surface area contributed by atoms with E-state index in [4.69, 9.17) is 0 Å². The first-order valence-electron chi connectivity index (χ1n) is 2.87. The number of nitrogens with zero attached hydrogens (tertiary/aromatic N) is 1. The maximum atomic E-state index is 12.4. The van der Waals surface area contributed by atoms with Gasteiger partial charge in [0.25, 0.3) is 5.26 Å². The second-order valence-corrected chi connectivity index (χ2v) is 2.92. The second kappa shape index (κ2) is 2.02. The molecule has 0 aliphatic heterocycles. The number of aromatic nitrogens is 1. The van der Waals surface area contributed by atoms with Gasteiger partial charge in [-0.05, 0) is 12.1 Å². The van der Waals surface area contributed by atoms with Crippen LogP contribution in [0.15, 0.2) is 24.3 Å². The molecule has 0 aliphatic carbocycles. The van der Waals surface area contributed by atoms with Gasteiger partial charge in [-0.3, -0.25) is 0 Å². The summed E-state index contributed by atoms with van der Waals surface area (Å²) >= 11 is 1.07. The van der Waals surface area contributed by atoms with Crippen molar-refractivity contribution in [3.05, 3.63) is 29.5 Å². The van der Waals surface area contributed by atoms with Gasteiger partial charge in [-0.1, -0.05) is 23.5 Å². The van der Waals surface area contributed by atoms with Gasteiger partial charge in [0.2, 0.25) is 0 Å². The highest BCUT2D eigenvalue weighted by atomic mass is 32.1. The lowest BCUT2D eigenvalue weighted by atomic mass is 10.3. The maximum absolute atomic E-state index is 12.4. The molecule has 2 rings (SSSR count). The summed E-state index contributed by atoms with van der Waals surface area (Å²) in [5, 5.41) is -0.360. The first-order valence-corrected chi connectivity index (χ1v) is 3.69. The normalized spacial score (nSPS) is 10.5. The number of fused-ring (bicyclic) bond motifs is 1. The molecule has 0 saturated carbocycles. The van der Waals surface area contributed by atoms with E-state index in [0.29, 0.717) is 0 Å². The van der Waals surface area contributed by atoms with Crippen LogP contribution in [-0.2, 0) is 0 Å². The summed E-state index contributed by atoms with van der Waals surface area (Å²) in [6, 6.07) is 7.38. The Kier molecular flexibility index (Phi) is 1.17. The number of para-hydroxylation sites is 1. The van der Waals surface area contributed by atoms with Crippen molar-refractivity contribution >= 4 is 21.6 Å². The predicted molar refractivity (Wildman–Crippen MR) is 39.6 cm³/mol. The van der Waals surface area contributed by atoms with Crippen LogP contribution in [-0.4, -0.2) is 4.98 Å². The molecule has 0 fully saturated rings. The summed E-state index contributed by atoms with van der Waals surface area (Å²) in [6.07, 6.45) is 0. The average Bonchev–Trinajstić information content (AvgIpc) is 2.27. The van der Waals surface area contributed by atoms with Crippen LogP contribution < -0.4 is 0 Å². The Morgan fingerprint density at radius 1 is 1.30 bits per heavy atom. The molecule has 0 amide bonds. The minimum absolute atomic E-state index is 0.360. The number of benzene rings is 1. The lowest BCUT2D eigenvalue weighted by molar-refractivity contribution is 0.620. The van der Waals surface area contributed by atoms with Crippen LogP contribution in [0.4, 0.5) is 4.39 Å². The highest BCUT2D eigenvalue weighted by molar-refractivity contribution is 7.17. The second-order valence-electron chi connectivity index (χ2n) is 1.93. The van der Waals surface area contributed by atoms with E-state index >= 15 is 0 Å². The van der Waals surface area contributed by atoms with Crippen molar-refractivity contribution in [2.75, 3.05) is 0 Å². The molecule has 1 nitrogen and oxygen atoms in total. The van der Waals surface area contributed by atoms with Gasteiger partial charge in [0.05, 0.1) is 10.2 Å². The third-order valence-electron chi connectivity index (χ3n) is 1.27. The number of hydrogen-bond acceptors (Lipinski definition) is 2. The Morgan fingerprint density at radius 3 is 2.90 bits per heavy atom. The van der Waals surface area contributed by atoms with Crippen LogP contribution in [0, 0.1) is 5.26 Å². The number of halogens is 1. The van der Waals surface area contributed by atoms with Crippen LogP contribution in [0.3, 0.4) is 0 Å². The van der Waals surface area contributed by atoms with Crippen molar-refractivity contribution in [1.82, 2.24) is 4.98 Å². The van der Waals surface area contributed by atoms with Crippen LogP contribution >= 0.6 is 11.3 Å². The minimum Gasteiger partial charge on any atom is -0.209 e. The smallest absolute Gasteiger partial charge is 0.209 e. The molecule has 1 heterocycles.